The van der Waals surface area contributed by atoms with Gasteiger partial charge in [-0.15, -0.1) is 0 Å². The molecule has 0 spiro atoms. The van der Waals surface area contributed by atoms with Gasteiger partial charge in [0.05, 0.1) is 6.10 Å². The molecule has 0 unspecified atom stereocenters. The normalized spacial score (nSPS) is 11.9. The molecule has 0 bridgehead atoms. The van der Waals surface area contributed by atoms with E-state index >= 15 is 0 Å². The average Bonchev–Trinajstić information content (AvgIpc) is 2.65. The van der Waals surface area contributed by atoms with Gasteiger partial charge in [0.2, 0.25) is 0 Å². The highest BCUT2D eigenvalue weighted by Gasteiger charge is 2.17. The van der Waals surface area contributed by atoms with Crippen molar-refractivity contribution >= 4 is 17.5 Å². The molecule has 1 atom stereocenters. The van der Waals surface area contributed by atoms with Crippen molar-refractivity contribution in [2.24, 2.45) is 0 Å². The first-order valence-electron chi connectivity index (χ1n) is 9.43. The van der Waals surface area contributed by atoms with Crippen molar-refractivity contribution in [1.82, 2.24) is 5.32 Å². The van der Waals surface area contributed by atoms with Crippen LogP contribution in [0.4, 0.5) is 0 Å². The zero-order valence-corrected chi connectivity index (χ0v) is 17.0. The molecule has 0 aromatic heterocycles. The maximum Gasteiger partial charge on any atom is 0.261 e. The van der Waals surface area contributed by atoms with E-state index in [0.29, 0.717) is 23.7 Å². The molecular formula is C22H28ClNO3. The van der Waals surface area contributed by atoms with E-state index in [2.05, 4.69) is 17.4 Å². The van der Waals surface area contributed by atoms with Gasteiger partial charge >= 0.3 is 0 Å². The van der Waals surface area contributed by atoms with Crippen LogP contribution < -0.4 is 14.8 Å². The molecule has 0 saturated heterocycles. The first-order valence-corrected chi connectivity index (χ1v) is 9.81. The lowest BCUT2D eigenvalue weighted by Gasteiger charge is -2.17. The zero-order chi connectivity index (χ0) is 19.6. The maximum absolute atomic E-state index is 12.3. The summed E-state index contributed by atoms with van der Waals surface area (Å²) in [6, 6.07) is 15.1. The van der Waals surface area contributed by atoms with Gasteiger partial charge < -0.3 is 14.8 Å². The Hall–Kier alpha value is -2.20. The summed E-state index contributed by atoms with van der Waals surface area (Å²) in [6.07, 6.45) is 2.04. The van der Waals surface area contributed by atoms with Gasteiger partial charge in [-0.25, -0.2) is 0 Å². The summed E-state index contributed by atoms with van der Waals surface area (Å²) in [6.45, 7) is 6.57. The van der Waals surface area contributed by atoms with Crippen LogP contribution in [0, 0.1) is 0 Å². The number of nitrogens with one attached hydrogen (secondary N) is 1. The Morgan fingerprint density at radius 3 is 2.19 bits per heavy atom. The van der Waals surface area contributed by atoms with Crippen molar-refractivity contribution in [3.05, 3.63) is 59.1 Å². The van der Waals surface area contributed by atoms with Gasteiger partial charge in [0.1, 0.15) is 11.5 Å². The monoisotopic (exact) mass is 389 g/mol. The number of ether oxygens (including phenoxy) is 2. The molecule has 2 aromatic rings. The standard InChI is InChI=1S/C22H28ClNO3/c1-4-21(27-20-13-9-18(23)10-14-20)22(25)24-15-5-6-17-7-11-19(12-8-17)26-16(2)3/h7-14,16,21H,4-6,15H2,1-3H3,(H,24,25)/t21-/m0/s1. The Balaban J connectivity index is 1.73. The maximum atomic E-state index is 12.3. The van der Waals surface area contributed by atoms with E-state index in [0.717, 1.165) is 18.6 Å². The third-order valence-corrected chi connectivity index (χ3v) is 4.24. The summed E-state index contributed by atoms with van der Waals surface area (Å²) in [5.41, 5.74) is 1.23. The molecule has 4 nitrogen and oxygen atoms in total. The van der Waals surface area contributed by atoms with Crippen molar-refractivity contribution in [2.75, 3.05) is 6.54 Å². The molecule has 2 rings (SSSR count). The van der Waals surface area contributed by atoms with Crippen LogP contribution in [0.1, 0.15) is 39.2 Å². The minimum Gasteiger partial charge on any atom is -0.491 e. The topological polar surface area (TPSA) is 47.6 Å². The fourth-order valence-corrected chi connectivity index (χ4v) is 2.75. The second-order valence-corrected chi connectivity index (χ2v) is 7.11. The highest BCUT2D eigenvalue weighted by molar-refractivity contribution is 6.30. The summed E-state index contributed by atoms with van der Waals surface area (Å²) in [5, 5.41) is 3.60. The predicted molar refractivity (Wildman–Crippen MR) is 110 cm³/mol. The Morgan fingerprint density at radius 2 is 1.59 bits per heavy atom. The van der Waals surface area contributed by atoms with E-state index in [4.69, 9.17) is 21.1 Å². The summed E-state index contributed by atoms with van der Waals surface area (Å²) in [5.74, 6) is 1.44. The van der Waals surface area contributed by atoms with E-state index in [1.165, 1.54) is 5.56 Å². The fraction of sp³-hybridized carbons (Fsp3) is 0.409. The molecular weight excluding hydrogens is 362 g/mol. The van der Waals surface area contributed by atoms with Crippen molar-refractivity contribution in [3.63, 3.8) is 0 Å². The molecule has 0 aliphatic carbocycles. The van der Waals surface area contributed by atoms with Gasteiger partial charge in [0, 0.05) is 11.6 Å². The number of rotatable bonds is 10. The Morgan fingerprint density at radius 1 is 1.00 bits per heavy atom. The molecule has 0 radical (unpaired) electrons. The van der Waals surface area contributed by atoms with Gasteiger partial charge in [-0.3, -0.25) is 4.79 Å². The minimum atomic E-state index is -0.501. The van der Waals surface area contributed by atoms with Crippen molar-refractivity contribution in [3.8, 4) is 11.5 Å². The molecule has 0 heterocycles. The van der Waals surface area contributed by atoms with Crippen LogP contribution in [-0.2, 0) is 11.2 Å². The van der Waals surface area contributed by atoms with Crippen LogP contribution in [0.25, 0.3) is 0 Å². The SMILES string of the molecule is CC[C@H](Oc1ccc(Cl)cc1)C(=O)NCCCc1ccc(OC(C)C)cc1. The second-order valence-electron chi connectivity index (χ2n) is 6.67. The molecule has 27 heavy (non-hydrogen) atoms. The largest absolute Gasteiger partial charge is 0.491 e. The summed E-state index contributed by atoms with van der Waals surface area (Å²) in [7, 11) is 0. The van der Waals surface area contributed by atoms with Gasteiger partial charge in [0.25, 0.3) is 5.91 Å². The number of carbonyl (C=O) groups is 1. The lowest BCUT2D eigenvalue weighted by atomic mass is 10.1. The molecule has 0 aliphatic rings. The number of halogens is 1. The predicted octanol–water partition coefficient (Wildman–Crippen LogP) is 5.03. The molecule has 0 fully saturated rings. The quantitative estimate of drug-likeness (QED) is 0.579. The summed E-state index contributed by atoms with van der Waals surface area (Å²) in [4.78, 5) is 12.3. The Bertz CT molecular complexity index is 699. The van der Waals surface area contributed by atoms with Crippen LogP contribution in [0.15, 0.2) is 48.5 Å². The number of hydrogen-bond acceptors (Lipinski definition) is 3. The van der Waals surface area contributed by atoms with E-state index < -0.39 is 6.10 Å². The molecule has 0 saturated carbocycles. The van der Waals surface area contributed by atoms with Crippen LogP contribution in [0.3, 0.4) is 0 Å². The number of amides is 1. The fourth-order valence-electron chi connectivity index (χ4n) is 2.62. The minimum absolute atomic E-state index is 0.0897. The first kappa shape index (κ1) is 21.1. The molecule has 1 N–H and O–H groups in total. The van der Waals surface area contributed by atoms with E-state index in [-0.39, 0.29) is 12.0 Å². The molecule has 146 valence electrons. The number of benzene rings is 2. The highest BCUT2D eigenvalue weighted by atomic mass is 35.5. The third kappa shape index (κ3) is 7.51. The zero-order valence-electron chi connectivity index (χ0n) is 16.2. The number of carbonyl (C=O) groups excluding carboxylic acids is 1. The van der Waals surface area contributed by atoms with Crippen molar-refractivity contribution in [1.29, 1.82) is 0 Å². The van der Waals surface area contributed by atoms with E-state index in [1.54, 1.807) is 24.3 Å². The van der Waals surface area contributed by atoms with Crippen molar-refractivity contribution < 1.29 is 14.3 Å². The van der Waals surface area contributed by atoms with Gasteiger partial charge in [-0.2, -0.15) is 0 Å². The van der Waals surface area contributed by atoms with Gasteiger partial charge in [-0.1, -0.05) is 30.7 Å². The van der Waals surface area contributed by atoms with E-state index in [9.17, 15) is 4.79 Å². The van der Waals surface area contributed by atoms with Crippen LogP contribution in [0.5, 0.6) is 11.5 Å². The Labute approximate surface area is 166 Å². The summed E-state index contributed by atoms with van der Waals surface area (Å²) >= 11 is 5.87. The number of aryl methyl sites for hydroxylation is 1. The third-order valence-electron chi connectivity index (χ3n) is 3.99. The second kappa shape index (κ2) is 10.8. The number of hydrogen-bond donors (Lipinski definition) is 1. The Kier molecular flexibility index (Phi) is 8.46. The van der Waals surface area contributed by atoms with Gasteiger partial charge in [-0.05, 0) is 75.1 Å². The van der Waals surface area contributed by atoms with Crippen LogP contribution in [-0.4, -0.2) is 24.7 Å². The smallest absolute Gasteiger partial charge is 0.261 e. The molecule has 2 aromatic carbocycles. The lowest BCUT2D eigenvalue weighted by Crippen LogP contribution is -2.38. The molecule has 0 aliphatic heterocycles. The van der Waals surface area contributed by atoms with Gasteiger partial charge in [0.15, 0.2) is 6.10 Å². The van der Waals surface area contributed by atoms with Crippen LogP contribution in [0.2, 0.25) is 5.02 Å². The summed E-state index contributed by atoms with van der Waals surface area (Å²) < 4.78 is 11.4. The molecule has 1 amide bonds. The first-order chi connectivity index (χ1) is 13.0. The average molecular weight is 390 g/mol. The van der Waals surface area contributed by atoms with Crippen LogP contribution >= 0.6 is 11.6 Å². The molecule has 5 heteroatoms. The lowest BCUT2D eigenvalue weighted by molar-refractivity contribution is -0.128. The van der Waals surface area contributed by atoms with E-state index in [1.807, 2.05) is 32.9 Å². The van der Waals surface area contributed by atoms with Crippen molar-refractivity contribution in [2.45, 2.75) is 52.2 Å². The highest BCUT2D eigenvalue weighted by Crippen LogP contribution is 2.18.